The number of carboxylic acids is 2. The first-order valence-corrected chi connectivity index (χ1v) is 11.4. The molecular formula is C24H26N4O11. The molecule has 0 bridgehead atoms. The van der Waals surface area contributed by atoms with Crippen LogP contribution < -0.4 is 21.4 Å². The number of non-ortho nitro benzene ring substituents is 1. The summed E-state index contributed by atoms with van der Waals surface area (Å²) in [5, 5.41) is 42.7. The zero-order valence-corrected chi connectivity index (χ0v) is 20.7. The van der Waals surface area contributed by atoms with E-state index >= 15 is 0 Å². The smallest absolute Gasteiger partial charge is 0.336 e. The molecule has 0 amide bonds. The van der Waals surface area contributed by atoms with Gasteiger partial charge in [-0.15, -0.1) is 0 Å². The monoisotopic (exact) mass is 546 g/mol. The molecule has 1 atom stereocenters. The Morgan fingerprint density at radius 2 is 1.79 bits per heavy atom. The number of nitrogens with zero attached hydrogens (tertiary/aromatic N) is 2. The Kier molecular flexibility index (Phi) is 10.9. The predicted octanol–water partition coefficient (Wildman–Crippen LogP) is 2.93. The number of carboxylic acid groups (broad SMARTS) is 2. The van der Waals surface area contributed by atoms with E-state index < -0.39 is 44.8 Å². The van der Waals surface area contributed by atoms with Crippen molar-refractivity contribution >= 4 is 40.0 Å². The van der Waals surface area contributed by atoms with E-state index in [4.69, 9.17) is 25.1 Å². The Balaban J connectivity index is 0.000000282. The predicted molar refractivity (Wildman–Crippen MR) is 138 cm³/mol. The largest absolute Gasteiger partial charge is 0.497 e. The summed E-state index contributed by atoms with van der Waals surface area (Å²) in [5.41, 5.74) is 4.47. The van der Waals surface area contributed by atoms with E-state index in [1.807, 2.05) is 0 Å². The lowest BCUT2D eigenvalue weighted by Gasteiger charge is -2.15. The molecule has 5 N–H and O–H groups in total. The Bertz CT molecular complexity index is 1420. The van der Waals surface area contributed by atoms with Crippen molar-refractivity contribution in [1.29, 1.82) is 0 Å². The number of methoxy groups -OCH3 is 1. The van der Waals surface area contributed by atoms with Gasteiger partial charge in [0.15, 0.2) is 0 Å². The number of anilines is 1. The molecule has 3 rings (SSSR count). The first-order chi connectivity index (χ1) is 18.5. The lowest BCUT2D eigenvalue weighted by molar-refractivity contribution is -0.393. The third-order valence-electron chi connectivity index (χ3n) is 5.34. The molecule has 15 heteroatoms. The summed E-state index contributed by atoms with van der Waals surface area (Å²) in [4.78, 5) is 53.2. The van der Waals surface area contributed by atoms with Crippen molar-refractivity contribution < 1.29 is 38.8 Å². The first kappa shape index (κ1) is 30.2. The van der Waals surface area contributed by atoms with E-state index in [2.05, 4.69) is 5.32 Å². The molecule has 2 aromatic carbocycles. The molecule has 1 unspecified atom stereocenters. The summed E-state index contributed by atoms with van der Waals surface area (Å²) in [6, 6.07) is 8.09. The first-order valence-electron chi connectivity index (χ1n) is 11.4. The summed E-state index contributed by atoms with van der Waals surface area (Å²) in [7, 11) is 1.50. The Hall–Kier alpha value is -5.05. The van der Waals surface area contributed by atoms with Gasteiger partial charge in [-0.2, -0.15) is 0 Å². The fourth-order valence-electron chi connectivity index (χ4n) is 3.49. The van der Waals surface area contributed by atoms with Crippen LogP contribution >= 0.6 is 0 Å². The number of hydrogen-bond acceptors (Lipinski definition) is 11. The van der Waals surface area contributed by atoms with Crippen LogP contribution in [0.5, 0.6) is 5.75 Å². The molecule has 0 aliphatic heterocycles. The number of rotatable bonds is 12. The van der Waals surface area contributed by atoms with Crippen molar-refractivity contribution in [3.05, 3.63) is 78.7 Å². The SMILES string of the molecule is COc1ccc2c(CC(=O)O)cc(=O)oc2c1.NCCCCC(Nc1ccc([N+](=O)[O-])cc1[N+](=O)[O-])C(=O)O. The highest BCUT2D eigenvalue weighted by Gasteiger charge is 2.24. The fraction of sp³-hybridized carbons (Fsp3) is 0.292. The van der Waals surface area contributed by atoms with Crippen LogP contribution in [0.2, 0.25) is 0 Å². The quantitative estimate of drug-likeness (QED) is 0.111. The van der Waals surface area contributed by atoms with Gasteiger partial charge in [0.05, 0.1) is 29.4 Å². The zero-order chi connectivity index (χ0) is 29.1. The van der Waals surface area contributed by atoms with Crippen LogP contribution in [0.3, 0.4) is 0 Å². The summed E-state index contributed by atoms with van der Waals surface area (Å²) in [5.74, 6) is -1.61. The average Bonchev–Trinajstić information content (AvgIpc) is 2.87. The van der Waals surface area contributed by atoms with Crippen molar-refractivity contribution in [2.24, 2.45) is 5.73 Å². The molecule has 0 spiro atoms. The number of nitrogens with two attached hydrogens (primary N) is 1. The third kappa shape index (κ3) is 8.78. The van der Waals surface area contributed by atoms with Gasteiger partial charge >= 0.3 is 17.6 Å². The van der Waals surface area contributed by atoms with Crippen molar-refractivity contribution in [3.8, 4) is 5.75 Å². The molecular weight excluding hydrogens is 520 g/mol. The van der Waals surface area contributed by atoms with Gasteiger partial charge in [-0.25, -0.2) is 9.59 Å². The highest BCUT2D eigenvalue weighted by atomic mass is 16.6. The van der Waals surface area contributed by atoms with Crippen LogP contribution in [-0.4, -0.2) is 51.7 Å². The number of nitro groups is 2. The number of carbonyl (C=O) groups is 2. The van der Waals surface area contributed by atoms with Crippen LogP contribution in [-0.2, 0) is 16.0 Å². The summed E-state index contributed by atoms with van der Waals surface area (Å²) in [6.07, 6.45) is 1.20. The molecule has 3 aromatic rings. The van der Waals surface area contributed by atoms with E-state index in [0.717, 1.165) is 18.2 Å². The molecule has 1 heterocycles. The van der Waals surface area contributed by atoms with Crippen LogP contribution in [0.4, 0.5) is 17.1 Å². The minimum absolute atomic E-state index is 0.0734. The van der Waals surface area contributed by atoms with Gasteiger partial charge in [0.2, 0.25) is 0 Å². The lowest BCUT2D eigenvalue weighted by atomic mass is 10.1. The van der Waals surface area contributed by atoms with Crippen LogP contribution in [0.25, 0.3) is 11.0 Å². The van der Waals surface area contributed by atoms with E-state index in [-0.39, 0.29) is 18.5 Å². The number of aliphatic carboxylic acids is 2. The molecule has 0 fully saturated rings. The van der Waals surface area contributed by atoms with Crippen LogP contribution in [0, 0.1) is 20.2 Å². The second-order valence-corrected chi connectivity index (χ2v) is 8.06. The maximum Gasteiger partial charge on any atom is 0.336 e. The van der Waals surface area contributed by atoms with E-state index in [1.54, 1.807) is 18.2 Å². The van der Waals surface area contributed by atoms with E-state index in [1.165, 1.54) is 13.2 Å². The van der Waals surface area contributed by atoms with Crippen LogP contribution in [0.1, 0.15) is 24.8 Å². The van der Waals surface area contributed by atoms with E-state index in [0.29, 0.717) is 41.7 Å². The number of ether oxygens (including phenoxy) is 1. The number of unbranched alkanes of at least 4 members (excludes halogenated alkanes) is 1. The normalized spacial score (nSPS) is 11.1. The maximum absolute atomic E-state index is 11.3. The number of fused-ring (bicyclic) bond motifs is 1. The number of nitro benzene ring substituents is 2. The van der Waals surface area contributed by atoms with Gasteiger partial charge in [-0.3, -0.25) is 25.0 Å². The van der Waals surface area contributed by atoms with Crippen molar-refractivity contribution in [1.82, 2.24) is 0 Å². The third-order valence-corrected chi connectivity index (χ3v) is 5.34. The Labute approximate surface area is 220 Å². The summed E-state index contributed by atoms with van der Waals surface area (Å²) >= 11 is 0. The molecule has 0 aliphatic rings. The van der Waals surface area contributed by atoms with Gasteiger partial charge in [-0.1, -0.05) is 0 Å². The Morgan fingerprint density at radius 1 is 1.08 bits per heavy atom. The minimum atomic E-state index is -1.16. The Morgan fingerprint density at radius 3 is 2.36 bits per heavy atom. The summed E-state index contributed by atoms with van der Waals surface area (Å²) in [6.45, 7) is 0.421. The molecule has 15 nitrogen and oxygen atoms in total. The van der Waals surface area contributed by atoms with Crippen molar-refractivity contribution in [2.45, 2.75) is 31.7 Å². The second-order valence-electron chi connectivity index (χ2n) is 8.06. The van der Waals surface area contributed by atoms with Gasteiger partial charge < -0.3 is 30.4 Å². The lowest BCUT2D eigenvalue weighted by Crippen LogP contribution is -2.29. The maximum atomic E-state index is 11.3. The molecule has 1 aromatic heterocycles. The molecule has 208 valence electrons. The summed E-state index contributed by atoms with van der Waals surface area (Å²) < 4.78 is 10.0. The highest BCUT2D eigenvalue weighted by Crippen LogP contribution is 2.30. The van der Waals surface area contributed by atoms with Crippen molar-refractivity contribution in [3.63, 3.8) is 0 Å². The fourth-order valence-corrected chi connectivity index (χ4v) is 3.49. The molecule has 0 saturated carbocycles. The molecule has 39 heavy (non-hydrogen) atoms. The van der Waals surface area contributed by atoms with Gasteiger partial charge in [-0.05, 0) is 49.6 Å². The molecule has 0 aliphatic carbocycles. The molecule has 0 radical (unpaired) electrons. The van der Waals surface area contributed by atoms with Crippen molar-refractivity contribution in [2.75, 3.05) is 19.0 Å². The number of benzene rings is 2. The number of hydrogen-bond donors (Lipinski definition) is 4. The van der Waals surface area contributed by atoms with Crippen LogP contribution in [0.15, 0.2) is 51.7 Å². The van der Waals surface area contributed by atoms with Gasteiger partial charge in [0, 0.05) is 23.6 Å². The van der Waals surface area contributed by atoms with Gasteiger partial charge in [0.1, 0.15) is 23.1 Å². The standard InChI is InChI=1S/C12H16N4O6.C12H10O5/c13-6-2-1-3-10(12(17)18)14-9-5-4-8(15(19)20)7-11(9)16(21)22;1-16-8-2-3-9-7(4-11(13)14)5-12(15)17-10(9)6-8/h4-5,7,10,14H,1-3,6,13H2,(H,17,18);2-3,5-6H,4H2,1H3,(H,13,14). The topological polar surface area (TPSA) is 238 Å². The second kappa shape index (κ2) is 14.0. The molecule has 0 saturated heterocycles. The zero-order valence-electron chi connectivity index (χ0n) is 20.7. The highest BCUT2D eigenvalue weighted by molar-refractivity contribution is 5.85. The minimum Gasteiger partial charge on any atom is -0.497 e. The van der Waals surface area contributed by atoms with E-state index in [9.17, 15) is 34.6 Å². The number of nitrogens with one attached hydrogen (secondary N) is 1. The average molecular weight is 546 g/mol. The van der Waals surface area contributed by atoms with Gasteiger partial charge in [0.25, 0.3) is 11.4 Å².